The molecule has 31 heavy (non-hydrogen) atoms. The van der Waals surface area contributed by atoms with Gasteiger partial charge in [0.1, 0.15) is 29.8 Å². The SMILES string of the molecule is COc1cnc2c(Nc3cc(F)c(F)c([C@@]4(CF)N=C(N)SC5CC54)c3)ncnc2c1. The van der Waals surface area contributed by atoms with Crippen LogP contribution in [0.4, 0.5) is 24.7 Å². The van der Waals surface area contributed by atoms with E-state index in [9.17, 15) is 13.2 Å². The molecule has 5 rings (SSSR count). The molecule has 160 valence electrons. The van der Waals surface area contributed by atoms with Gasteiger partial charge >= 0.3 is 0 Å². The van der Waals surface area contributed by atoms with Gasteiger partial charge in [-0.1, -0.05) is 11.8 Å². The fourth-order valence-corrected chi connectivity index (χ4v) is 5.19. The maximum absolute atomic E-state index is 14.9. The quantitative estimate of drug-likeness (QED) is 0.617. The number of aliphatic imine (C=N–C) groups is 1. The highest BCUT2D eigenvalue weighted by Gasteiger charge is 2.58. The highest BCUT2D eigenvalue weighted by atomic mass is 32.2. The smallest absolute Gasteiger partial charge is 0.164 e. The minimum Gasteiger partial charge on any atom is -0.495 e. The van der Waals surface area contributed by atoms with Gasteiger partial charge in [-0.15, -0.1) is 0 Å². The number of rotatable bonds is 5. The molecule has 3 atom stereocenters. The highest BCUT2D eigenvalue weighted by molar-refractivity contribution is 8.14. The molecule has 1 aliphatic heterocycles. The predicted octanol–water partition coefficient (Wildman–Crippen LogP) is 3.67. The number of thioether (sulfide) groups is 1. The summed E-state index contributed by atoms with van der Waals surface area (Å²) in [5.41, 5.74) is 5.25. The number of nitrogens with two attached hydrogens (primary N) is 1. The van der Waals surface area contributed by atoms with Crippen LogP contribution in [0.25, 0.3) is 11.0 Å². The van der Waals surface area contributed by atoms with Gasteiger partial charge in [0.25, 0.3) is 0 Å². The van der Waals surface area contributed by atoms with Crippen LogP contribution in [0.2, 0.25) is 0 Å². The normalized spacial score (nSPS) is 24.5. The molecule has 0 spiro atoms. The van der Waals surface area contributed by atoms with Crippen LogP contribution in [0, 0.1) is 17.6 Å². The zero-order chi connectivity index (χ0) is 21.8. The van der Waals surface area contributed by atoms with E-state index in [4.69, 9.17) is 10.5 Å². The second-order valence-electron chi connectivity index (χ2n) is 7.42. The van der Waals surface area contributed by atoms with Crippen molar-refractivity contribution in [3.05, 3.63) is 47.9 Å². The van der Waals surface area contributed by atoms with Crippen molar-refractivity contribution in [2.75, 3.05) is 19.1 Å². The molecule has 7 nitrogen and oxygen atoms in total. The number of nitrogens with zero attached hydrogens (tertiary/aromatic N) is 4. The van der Waals surface area contributed by atoms with E-state index in [1.54, 1.807) is 6.07 Å². The van der Waals surface area contributed by atoms with Crippen molar-refractivity contribution in [2.24, 2.45) is 16.6 Å². The van der Waals surface area contributed by atoms with Crippen molar-refractivity contribution in [3.8, 4) is 5.75 Å². The van der Waals surface area contributed by atoms with Gasteiger partial charge in [-0.25, -0.2) is 33.1 Å². The Hall–Kier alpha value is -3.08. The summed E-state index contributed by atoms with van der Waals surface area (Å²) in [6, 6.07) is 4.02. The first-order chi connectivity index (χ1) is 14.9. The van der Waals surface area contributed by atoms with Crippen LogP contribution in [-0.4, -0.2) is 39.2 Å². The first-order valence-corrected chi connectivity index (χ1v) is 10.3. The molecule has 0 amide bonds. The van der Waals surface area contributed by atoms with Gasteiger partial charge in [-0.3, -0.25) is 0 Å². The van der Waals surface area contributed by atoms with Crippen molar-refractivity contribution in [1.82, 2.24) is 15.0 Å². The number of methoxy groups -OCH3 is 1. The van der Waals surface area contributed by atoms with Crippen molar-refractivity contribution in [1.29, 1.82) is 0 Å². The van der Waals surface area contributed by atoms with Gasteiger partial charge in [-0.05, 0) is 12.5 Å². The van der Waals surface area contributed by atoms with E-state index in [-0.39, 0.29) is 33.4 Å². The Balaban J connectivity index is 1.59. The monoisotopic (exact) mass is 446 g/mol. The summed E-state index contributed by atoms with van der Waals surface area (Å²) in [4.78, 5) is 16.8. The molecule has 0 bridgehead atoms. The number of ether oxygens (including phenoxy) is 1. The number of halogens is 3. The van der Waals surface area contributed by atoms with Gasteiger partial charge < -0.3 is 15.8 Å². The second kappa shape index (κ2) is 7.26. The molecule has 3 aromatic rings. The third-order valence-corrected chi connectivity index (χ3v) is 6.73. The highest BCUT2D eigenvalue weighted by Crippen LogP contribution is 2.58. The molecule has 3 N–H and O–H groups in total. The lowest BCUT2D eigenvalue weighted by atomic mass is 9.85. The number of anilines is 2. The Bertz CT molecular complexity index is 1220. The average Bonchev–Trinajstić information content (AvgIpc) is 3.55. The van der Waals surface area contributed by atoms with Crippen LogP contribution in [0.15, 0.2) is 35.7 Å². The molecule has 1 saturated carbocycles. The van der Waals surface area contributed by atoms with Crippen LogP contribution < -0.4 is 15.8 Å². The topological polar surface area (TPSA) is 98.3 Å². The number of alkyl halides is 1. The standard InChI is InChI=1S/C20H17F3N6OS/c1-30-10-4-14-17(25-6-10)18(27-8-26-14)28-9-2-12(16(23)13(22)3-9)20(7-21)11-5-15(11)31-19(24)29-20/h2-4,6,8,11,15H,5,7H2,1H3,(H2,24,29)(H,26,27,28)/t11?,15?,20-/m0/s1. The zero-order valence-corrected chi connectivity index (χ0v) is 17.1. The minimum atomic E-state index is -1.54. The van der Waals surface area contributed by atoms with Gasteiger partial charge in [0, 0.05) is 34.6 Å². The van der Waals surface area contributed by atoms with E-state index in [1.165, 1.54) is 37.5 Å². The molecule has 0 radical (unpaired) electrons. The fourth-order valence-electron chi connectivity index (χ4n) is 3.97. The van der Waals surface area contributed by atoms with Crippen molar-refractivity contribution < 1.29 is 17.9 Å². The number of benzene rings is 1. The zero-order valence-electron chi connectivity index (χ0n) is 16.3. The Morgan fingerprint density at radius 1 is 1.26 bits per heavy atom. The van der Waals surface area contributed by atoms with E-state index in [0.29, 0.717) is 23.2 Å². The molecule has 0 saturated heterocycles. The lowest BCUT2D eigenvalue weighted by molar-refractivity contribution is 0.269. The third-order valence-electron chi connectivity index (χ3n) is 5.57. The summed E-state index contributed by atoms with van der Waals surface area (Å²) in [7, 11) is 1.51. The molecule has 1 fully saturated rings. The minimum absolute atomic E-state index is 0.0531. The van der Waals surface area contributed by atoms with E-state index in [0.717, 1.165) is 6.07 Å². The van der Waals surface area contributed by atoms with E-state index < -0.39 is 23.8 Å². The second-order valence-corrected chi connectivity index (χ2v) is 8.68. The number of fused-ring (bicyclic) bond motifs is 2. The number of hydrogen-bond donors (Lipinski definition) is 2. The van der Waals surface area contributed by atoms with E-state index in [2.05, 4.69) is 25.3 Å². The van der Waals surface area contributed by atoms with Gasteiger partial charge in [0.05, 0.1) is 18.8 Å². The van der Waals surface area contributed by atoms with E-state index in [1.807, 2.05) is 0 Å². The Morgan fingerprint density at radius 3 is 2.87 bits per heavy atom. The van der Waals surface area contributed by atoms with Crippen molar-refractivity contribution >= 4 is 39.5 Å². The maximum atomic E-state index is 14.9. The Labute approximate surface area is 179 Å². The molecular formula is C20H17F3N6OS. The molecule has 3 heterocycles. The molecule has 1 aromatic carbocycles. The van der Waals surface area contributed by atoms with Crippen LogP contribution in [0.5, 0.6) is 5.75 Å². The molecule has 11 heteroatoms. The summed E-state index contributed by atoms with van der Waals surface area (Å²) < 4.78 is 48.9. The van der Waals surface area contributed by atoms with Crippen molar-refractivity contribution in [3.63, 3.8) is 0 Å². The van der Waals surface area contributed by atoms with E-state index >= 15 is 0 Å². The first-order valence-electron chi connectivity index (χ1n) is 9.44. The number of pyridine rings is 1. The molecule has 2 aromatic heterocycles. The summed E-state index contributed by atoms with van der Waals surface area (Å²) >= 11 is 1.34. The number of aromatic nitrogens is 3. The molecule has 2 unspecified atom stereocenters. The van der Waals surface area contributed by atoms with Crippen LogP contribution in [-0.2, 0) is 5.54 Å². The number of hydrogen-bond acceptors (Lipinski definition) is 8. The molecule has 1 aliphatic carbocycles. The summed E-state index contributed by atoms with van der Waals surface area (Å²) in [5, 5.41) is 3.17. The Kier molecular flexibility index (Phi) is 4.65. The Morgan fingerprint density at radius 2 is 2.10 bits per heavy atom. The predicted molar refractivity (Wildman–Crippen MR) is 112 cm³/mol. The molecular weight excluding hydrogens is 429 g/mol. The van der Waals surface area contributed by atoms with Crippen LogP contribution in [0.1, 0.15) is 12.0 Å². The van der Waals surface area contributed by atoms with Gasteiger partial charge in [0.15, 0.2) is 22.6 Å². The number of nitrogens with one attached hydrogen (secondary N) is 1. The average molecular weight is 446 g/mol. The summed E-state index contributed by atoms with van der Waals surface area (Å²) in [6.45, 7) is -0.979. The fraction of sp³-hybridized carbons (Fsp3) is 0.300. The largest absolute Gasteiger partial charge is 0.495 e. The molecule has 2 aliphatic rings. The lowest BCUT2D eigenvalue weighted by Gasteiger charge is -2.31. The maximum Gasteiger partial charge on any atom is 0.164 e. The van der Waals surface area contributed by atoms with Crippen LogP contribution in [0.3, 0.4) is 0 Å². The van der Waals surface area contributed by atoms with Gasteiger partial charge in [-0.2, -0.15) is 0 Å². The third kappa shape index (κ3) is 3.23. The lowest BCUT2D eigenvalue weighted by Crippen LogP contribution is -2.37. The van der Waals surface area contributed by atoms with Gasteiger partial charge in [0.2, 0.25) is 0 Å². The van der Waals surface area contributed by atoms with Crippen LogP contribution >= 0.6 is 11.8 Å². The summed E-state index contributed by atoms with van der Waals surface area (Å²) in [5.74, 6) is -1.70. The summed E-state index contributed by atoms with van der Waals surface area (Å²) in [6.07, 6.45) is 3.45. The van der Waals surface area contributed by atoms with Crippen molar-refractivity contribution in [2.45, 2.75) is 17.2 Å². The first kappa shape index (κ1) is 19.9. The number of amidine groups is 1.